The van der Waals surface area contributed by atoms with Gasteiger partial charge in [-0.2, -0.15) is 0 Å². The van der Waals surface area contributed by atoms with E-state index in [9.17, 15) is 9.90 Å². The summed E-state index contributed by atoms with van der Waals surface area (Å²) in [6, 6.07) is 13.9. The Morgan fingerprint density at radius 3 is 2.29 bits per heavy atom. The van der Waals surface area contributed by atoms with Gasteiger partial charge in [-0.05, 0) is 61.9 Å². The number of piperidine rings is 1. The predicted octanol–water partition coefficient (Wildman–Crippen LogP) is 5.10. The molecule has 1 fully saturated rings. The van der Waals surface area contributed by atoms with E-state index in [0.29, 0.717) is 18.0 Å². The van der Waals surface area contributed by atoms with E-state index in [4.69, 9.17) is 0 Å². The predicted molar refractivity (Wildman–Crippen MR) is 114 cm³/mol. The number of carbonyl (C=O) groups is 1. The lowest BCUT2D eigenvalue weighted by Gasteiger charge is -2.46. The van der Waals surface area contributed by atoms with Crippen LogP contribution in [0.1, 0.15) is 54.9 Å². The molecule has 3 rings (SSSR count). The lowest BCUT2D eigenvalue weighted by atomic mass is 9.91. The van der Waals surface area contributed by atoms with Crippen molar-refractivity contribution in [1.29, 1.82) is 0 Å². The van der Waals surface area contributed by atoms with Gasteiger partial charge in [0, 0.05) is 18.4 Å². The first-order valence-corrected chi connectivity index (χ1v) is 10.7. The van der Waals surface area contributed by atoms with Gasteiger partial charge in [-0.3, -0.25) is 4.79 Å². The lowest BCUT2D eigenvalue weighted by Crippen LogP contribution is -2.60. The molecule has 0 spiro atoms. The number of aryl methyl sites for hydroxylation is 2. The van der Waals surface area contributed by atoms with Crippen molar-refractivity contribution in [3.63, 3.8) is 0 Å². The molecular weight excluding hydrogens is 346 g/mol. The first-order chi connectivity index (χ1) is 13.4. The molecule has 0 amide bonds. The van der Waals surface area contributed by atoms with Gasteiger partial charge in [0.15, 0.2) is 5.78 Å². The second-order valence-corrected chi connectivity index (χ2v) is 8.49. The van der Waals surface area contributed by atoms with Gasteiger partial charge < -0.3 is 9.59 Å². The SMILES string of the molecule is CCC(C(=O)Cc1c(C)cccc1C)[N+]1(Cc2cccc(O)c2)CCCCC1. The summed E-state index contributed by atoms with van der Waals surface area (Å²) >= 11 is 0. The molecule has 1 saturated heterocycles. The quantitative estimate of drug-likeness (QED) is 0.679. The zero-order valence-electron chi connectivity index (χ0n) is 17.6. The number of phenolic OH excluding ortho intramolecular Hbond substituents is 1. The van der Waals surface area contributed by atoms with Gasteiger partial charge in [0.1, 0.15) is 18.3 Å². The summed E-state index contributed by atoms with van der Waals surface area (Å²) < 4.78 is 0.837. The maximum Gasteiger partial charge on any atom is 0.194 e. The highest BCUT2D eigenvalue weighted by Crippen LogP contribution is 2.30. The number of carbonyl (C=O) groups excluding carboxylic acids is 1. The minimum atomic E-state index is 0.0154. The number of rotatable bonds is 7. The standard InChI is InChI=1S/C25H33NO2/c1-4-24(25(28)17-23-19(2)10-8-11-20(23)3)26(14-6-5-7-15-26)18-21-12-9-13-22(27)16-21/h8-13,16,24H,4-7,14-15,17-18H2,1-3H3/p+1. The summed E-state index contributed by atoms with van der Waals surface area (Å²) in [5.41, 5.74) is 4.74. The van der Waals surface area contributed by atoms with Crippen LogP contribution in [0.15, 0.2) is 42.5 Å². The number of nitrogens with zero attached hydrogens (tertiary/aromatic N) is 1. The highest BCUT2D eigenvalue weighted by molar-refractivity contribution is 5.85. The second kappa shape index (κ2) is 8.91. The van der Waals surface area contributed by atoms with Crippen molar-refractivity contribution in [3.05, 3.63) is 64.7 Å². The van der Waals surface area contributed by atoms with E-state index in [2.05, 4.69) is 45.0 Å². The molecular formula is C25H34NO2+. The molecule has 1 aliphatic rings. The Bertz CT molecular complexity index is 801. The number of Topliss-reactive ketones (excluding diaryl/α,β-unsaturated/α-hetero) is 1. The normalized spacial score (nSPS) is 17.2. The first kappa shape index (κ1) is 20.6. The third kappa shape index (κ3) is 4.47. The van der Waals surface area contributed by atoms with Gasteiger partial charge >= 0.3 is 0 Å². The van der Waals surface area contributed by atoms with Gasteiger partial charge in [-0.25, -0.2) is 0 Å². The van der Waals surface area contributed by atoms with Crippen LogP contribution < -0.4 is 0 Å². The van der Waals surface area contributed by atoms with E-state index in [1.54, 1.807) is 6.07 Å². The number of phenols is 1. The topological polar surface area (TPSA) is 37.3 Å². The van der Waals surface area contributed by atoms with Gasteiger partial charge in [0.2, 0.25) is 0 Å². The Hall–Kier alpha value is -2.13. The highest BCUT2D eigenvalue weighted by atomic mass is 16.3. The van der Waals surface area contributed by atoms with E-state index in [1.807, 2.05) is 12.1 Å². The van der Waals surface area contributed by atoms with E-state index in [-0.39, 0.29) is 6.04 Å². The number of likely N-dealkylation sites (tertiary alicyclic amines) is 1. The summed E-state index contributed by atoms with van der Waals surface area (Å²) in [6.45, 7) is 9.29. The highest BCUT2D eigenvalue weighted by Gasteiger charge is 2.41. The molecule has 0 aliphatic carbocycles. The van der Waals surface area contributed by atoms with Crippen molar-refractivity contribution in [3.8, 4) is 5.75 Å². The molecule has 3 nitrogen and oxygen atoms in total. The second-order valence-electron chi connectivity index (χ2n) is 8.49. The molecule has 1 heterocycles. The largest absolute Gasteiger partial charge is 0.508 e. The lowest BCUT2D eigenvalue weighted by molar-refractivity contribution is -0.959. The zero-order valence-corrected chi connectivity index (χ0v) is 17.6. The molecule has 0 aromatic heterocycles. The molecule has 0 radical (unpaired) electrons. The fourth-order valence-corrected chi connectivity index (χ4v) is 5.08. The molecule has 2 aromatic carbocycles. The third-order valence-electron chi connectivity index (χ3n) is 6.53. The molecule has 1 unspecified atom stereocenters. The van der Waals surface area contributed by atoms with Gasteiger partial charge in [0.25, 0.3) is 0 Å². The molecule has 3 heteroatoms. The fourth-order valence-electron chi connectivity index (χ4n) is 5.08. The smallest absolute Gasteiger partial charge is 0.194 e. The third-order valence-corrected chi connectivity index (χ3v) is 6.53. The number of ketones is 1. The summed E-state index contributed by atoms with van der Waals surface area (Å²) in [5.74, 6) is 0.671. The molecule has 1 N–H and O–H groups in total. The summed E-state index contributed by atoms with van der Waals surface area (Å²) in [5, 5.41) is 9.91. The number of benzene rings is 2. The maximum atomic E-state index is 13.5. The summed E-state index contributed by atoms with van der Waals surface area (Å²) in [6.07, 6.45) is 4.99. The van der Waals surface area contributed by atoms with E-state index in [0.717, 1.165) is 36.1 Å². The van der Waals surface area contributed by atoms with Gasteiger partial charge in [-0.1, -0.05) is 37.3 Å². The van der Waals surface area contributed by atoms with Crippen molar-refractivity contribution in [2.75, 3.05) is 13.1 Å². The van der Waals surface area contributed by atoms with Crippen LogP contribution in [0.5, 0.6) is 5.75 Å². The van der Waals surface area contributed by atoms with Gasteiger partial charge in [-0.15, -0.1) is 0 Å². The average molecular weight is 381 g/mol. The number of quaternary nitrogens is 1. The Kier molecular flexibility index (Phi) is 6.56. The van der Waals surface area contributed by atoms with E-state index >= 15 is 0 Å². The summed E-state index contributed by atoms with van der Waals surface area (Å²) in [4.78, 5) is 13.5. The number of hydrogen-bond acceptors (Lipinski definition) is 2. The van der Waals surface area contributed by atoms with E-state index < -0.39 is 0 Å². The van der Waals surface area contributed by atoms with Crippen LogP contribution in [0.2, 0.25) is 0 Å². The minimum Gasteiger partial charge on any atom is -0.508 e. The maximum absolute atomic E-state index is 13.5. The molecule has 0 saturated carbocycles. The molecule has 0 bridgehead atoms. The zero-order chi connectivity index (χ0) is 20.1. The van der Waals surface area contributed by atoms with Crippen LogP contribution in [0.4, 0.5) is 0 Å². The molecule has 1 atom stereocenters. The van der Waals surface area contributed by atoms with Crippen LogP contribution in [0, 0.1) is 13.8 Å². The Balaban J connectivity index is 1.89. The molecule has 150 valence electrons. The molecule has 28 heavy (non-hydrogen) atoms. The van der Waals surface area contributed by atoms with Crippen molar-refractivity contribution in [2.45, 2.75) is 65.5 Å². The Morgan fingerprint density at radius 2 is 1.68 bits per heavy atom. The van der Waals surface area contributed by atoms with Crippen molar-refractivity contribution in [1.82, 2.24) is 0 Å². The van der Waals surface area contributed by atoms with Gasteiger partial charge in [0.05, 0.1) is 13.1 Å². The molecule has 1 aliphatic heterocycles. The average Bonchev–Trinajstić information content (AvgIpc) is 2.66. The minimum absolute atomic E-state index is 0.0154. The number of aromatic hydroxyl groups is 1. The molecule has 2 aromatic rings. The van der Waals surface area contributed by atoms with Crippen LogP contribution in [0.25, 0.3) is 0 Å². The van der Waals surface area contributed by atoms with Crippen LogP contribution in [0.3, 0.4) is 0 Å². The van der Waals surface area contributed by atoms with Crippen molar-refractivity contribution >= 4 is 5.78 Å². The van der Waals surface area contributed by atoms with Crippen molar-refractivity contribution < 1.29 is 14.4 Å². The monoisotopic (exact) mass is 380 g/mol. The Morgan fingerprint density at radius 1 is 1.04 bits per heavy atom. The number of hydrogen-bond donors (Lipinski definition) is 1. The Labute approximate surface area is 169 Å². The first-order valence-electron chi connectivity index (χ1n) is 10.7. The van der Waals surface area contributed by atoms with Crippen LogP contribution >= 0.6 is 0 Å². The fraction of sp³-hybridized carbons (Fsp3) is 0.480. The van der Waals surface area contributed by atoms with Crippen molar-refractivity contribution in [2.24, 2.45) is 0 Å². The summed E-state index contributed by atoms with van der Waals surface area (Å²) in [7, 11) is 0. The van der Waals surface area contributed by atoms with Crippen LogP contribution in [-0.2, 0) is 17.8 Å². The van der Waals surface area contributed by atoms with E-state index in [1.165, 1.54) is 36.0 Å². The van der Waals surface area contributed by atoms with Crippen LogP contribution in [-0.4, -0.2) is 34.5 Å².